The van der Waals surface area contributed by atoms with Gasteiger partial charge in [-0.2, -0.15) is 0 Å². The van der Waals surface area contributed by atoms with Crippen LogP contribution in [0.25, 0.3) is 0 Å². The van der Waals surface area contributed by atoms with Crippen LogP contribution in [-0.2, 0) is 6.42 Å². The number of hydrogen-bond donors (Lipinski definition) is 1. The fraction of sp³-hybridized carbons (Fsp3) is 0.294. The summed E-state index contributed by atoms with van der Waals surface area (Å²) in [5, 5.41) is 2.88. The number of carbonyl (C=O) groups is 1. The second-order valence-corrected chi connectivity index (χ2v) is 4.83. The molecule has 2 rings (SSSR count). The van der Waals surface area contributed by atoms with Crippen molar-refractivity contribution in [3.63, 3.8) is 0 Å². The molecule has 0 fully saturated rings. The van der Waals surface area contributed by atoms with Crippen molar-refractivity contribution < 1.29 is 14.3 Å². The van der Waals surface area contributed by atoms with Crippen LogP contribution in [0.3, 0.4) is 0 Å². The summed E-state index contributed by atoms with van der Waals surface area (Å²) in [7, 11) is 3.27. The SMILES string of the molecule is COc1ccc(CCNC(=O)c2cccnc2)c(OC)c1C.Cl. The van der Waals surface area contributed by atoms with E-state index in [2.05, 4.69) is 10.3 Å². The Morgan fingerprint density at radius 3 is 2.61 bits per heavy atom. The molecule has 2 aromatic rings. The minimum Gasteiger partial charge on any atom is -0.496 e. The van der Waals surface area contributed by atoms with Gasteiger partial charge < -0.3 is 14.8 Å². The number of nitrogens with one attached hydrogen (secondary N) is 1. The molecular formula is C17H21ClN2O3. The maximum absolute atomic E-state index is 12.0. The number of ether oxygens (including phenoxy) is 2. The molecule has 1 N–H and O–H groups in total. The molecule has 0 spiro atoms. The predicted molar refractivity (Wildman–Crippen MR) is 91.8 cm³/mol. The summed E-state index contributed by atoms with van der Waals surface area (Å²) in [6.07, 6.45) is 3.87. The van der Waals surface area contributed by atoms with Crippen molar-refractivity contribution in [1.29, 1.82) is 0 Å². The molecule has 0 saturated heterocycles. The molecule has 0 unspecified atom stereocenters. The van der Waals surface area contributed by atoms with Gasteiger partial charge in [0.05, 0.1) is 19.8 Å². The van der Waals surface area contributed by atoms with E-state index in [0.717, 1.165) is 22.6 Å². The van der Waals surface area contributed by atoms with Crippen LogP contribution in [0.5, 0.6) is 11.5 Å². The Kier molecular flexibility index (Phi) is 7.35. The van der Waals surface area contributed by atoms with Gasteiger partial charge in [-0.3, -0.25) is 9.78 Å². The number of amides is 1. The Balaban J connectivity index is 0.00000264. The lowest BCUT2D eigenvalue weighted by Gasteiger charge is -2.14. The molecule has 0 atom stereocenters. The monoisotopic (exact) mass is 336 g/mol. The van der Waals surface area contributed by atoms with Crippen LogP contribution >= 0.6 is 12.4 Å². The van der Waals surface area contributed by atoms with Gasteiger partial charge in [-0.25, -0.2) is 0 Å². The molecule has 1 amide bonds. The zero-order valence-electron chi connectivity index (χ0n) is 13.5. The summed E-state index contributed by atoms with van der Waals surface area (Å²) in [4.78, 5) is 15.9. The topological polar surface area (TPSA) is 60.5 Å². The van der Waals surface area contributed by atoms with Gasteiger partial charge in [-0.15, -0.1) is 12.4 Å². The first kappa shape index (κ1) is 18.8. The van der Waals surface area contributed by atoms with Crippen molar-refractivity contribution in [2.24, 2.45) is 0 Å². The lowest BCUT2D eigenvalue weighted by atomic mass is 10.1. The number of aromatic nitrogens is 1. The van der Waals surface area contributed by atoms with Crippen molar-refractivity contribution in [3.8, 4) is 11.5 Å². The molecule has 0 aliphatic heterocycles. The molecule has 23 heavy (non-hydrogen) atoms. The van der Waals surface area contributed by atoms with E-state index < -0.39 is 0 Å². The number of hydrogen-bond acceptors (Lipinski definition) is 4. The highest BCUT2D eigenvalue weighted by Crippen LogP contribution is 2.31. The average molecular weight is 337 g/mol. The van der Waals surface area contributed by atoms with Crippen LogP contribution in [0, 0.1) is 6.92 Å². The molecule has 6 heteroatoms. The van der Waals surface area contributed by atoms with Gasteiger partial charge in [0, 0.05) is 24.5 Å². The number of halogens is 1. The number of pyridine rings is 1. The average Bonchev–Trinajstić information content (AvgIpc) is 2.56. The Morgan fingerprint density at radius 1 is 1.22 bits per heavy atom. The van der Waals surface area contributed by atoms with Crippen molar-refractivity contribution in [2.45, 2.75) is 13.3 Å². The summed E-state index contributed by atoms with van der Waals surface area (Å²) < 4.78 is 10.7. The van der Waals surface area contributed by atoms with Crippen LogP contribution in [0.1, 0.15) is 21.5 Å². The maximum atomic E-state index is 12.0. The van der Waals surface area contributed by atoms with Crippen molar-refractivity contribution in [1.82, 2.24) is 10.3 Å². The first-order valence-electron chi connectivity index (χ1n) is 7.06. The first-order chi connectivity index (χ1) is 10.7. The van der Waals surface area contributed by atoms with Crippen LogP contribution in [-0.4, -0.2) is 31.7 Å². The second kappa shape index (κ2) is 9.00. The molecule has 0 aliphatic carbocycles. The third-order valence-corrected chi connectivity index (χ3v) is 3.47. The molecular weight excluding hydrogens is 316 g/mol. The normalized spacial score (nSPS) is 9.70. The van der Waals surface area contributed by atoms with Crippen LogP contribution < -0.4 is 14.8 Å². The van der Waals surface area contributed by atoms with Crippen molar-refractivity contribution in [3.05, 3.63) is 53.3 Å². The number of nitrogens with zero attached hydrogens (tertiary/aromatic N) is 1. The maximum Gasteiger partial charge on any atom is 0.252 e. The largest absolute Gasteiger partial charge is 0.496 e. The molecule has 0 bridgehead atoms. The van der Waals surface area contributed by atoms with E-state index in [1.54, 1.807) is 38.7 Å². The van der Waals surface area contributed by atoms with Gasteiger partial charge in [0.2, 0.25) is 0 Å². The number of benzene rings is 1. The standard InChI is InChI=1S/C17H20N2O3.ClH/c1-12-15(21-2)7-6-13(16(12)22-3)8-10-19-17(20)14-5-4-9-18-11-14;/h4-7,9,11H,8,10H2,1-3H3,(H,19,20);1H. The Morgan fingerprint density at radius 2 is 2.00 bits per heavy atom. The Hall–Kier alpha value is -2.27. The van der Waals surface area contributed by atoms with Gasteiger partial charge >= 0.3 is 0 Å². The van der Waals surface area contributed by atoms with Gasteiger partial charge in [0.25, 0.3) is 5.91 Å². The third kappa shape index (κ3) is 4.60. The molecule has 1 heterocycles. The van der Waals surface area contributed by atoms with Gasteiger partial charge in [0.15, 0.2) is 0 Å². The van der Waals surface area contributed by atoms with E-state index in [9.17, 15) is 4.79 Å². The van der Waals surface area contributed by atoms with E-state index in [1.165, 1.54) is 0 Å². The van der Waals surface area contributed by atoms with E-state index >= 15 is 0 Å². The highest BCUT2D eigenvalue weighted by Gasteiger charge is 2.11. The summed E-state index contributed by atoms with van der Waals surface area (Å²) in [5.41, 5.74) is 2.55. The van der Waals surface area contributed by atoms with Crippen LogP contribution in [0.2, 0.25) is 0 Å². The Bertz CT molecular complexity index is 648. The van der Waals surface area contributed by atoms with Gasteiger partial charge in [0.1, 0.15) is 11.5 Å². The van der Waals surface area contributed by atoms with E-state index in [0.29, 0.717) is 18.5 Å². The van der Waals surface area contributed by atoms with Crippen molar-refractivity contribution in [2.75, 3.05) is 20.8 Å². The molecule has 1 aromatic heterocycles. The zero-order valence-corrected chi connectivity index (χ0v) is 14.3. The second-order valence-electron chi connectivity index (χ2n) is 4.83. The van der Waals surface area contributed by atoms with E-state index in [4.69, 9.17) is 9.47 Å². The molecule has 0 aliphatic rings. The summed E-state index contributed by atoms with van der Waals surface area (Å²) in [6.45, 7) is 2.48. The third-order valence-electron chi connectivity index (χ3n) is 3.47. The van der Waals surface area contributed by atoms with Crippen LogP contribution in [0.4, 0.5) is 0 Å². The molecule has 1 aromatic carbocycles. The minimum atomic E-state index is -0.127. The minimum absolute atomic E-state index is 0. The number of rotatable bonds is 6. The lowest BCUT2D eigenvalue weighted by Crippen LogP contribution is -2.25. The molecule has 124 valence electrons. The quantitative estimate of drug-likeness (QED) is 0.881. The molecule has 0 radical (unpaired) electrons. The first-order valence-corrected chi connectivity index (χ1v) is 7.06. The summed E-state index contributed by atoms with van der Waals surface area (Å²) in [5.74, 6) is 1.47. The van der Waals surface area contributed by atoms with Crippen molar-refractivity contribution >= 4 is 18.3 Å². The summed E-state index contributed by atoms with van der Waals surface area (Å²) in [6, 6.07) is 7.35. The zero-order chi connectivity index (χ0) is 15.9. The van der Waals surface area contributed by atoms with Gasteiger partial charge in [-0.1, -0.05) is 6.07 Å². The number of carbonyl (C=O) groups excluding carboxylic acids is 1. The smallest absolute Gasteiger partial charge is 0.252 e. The highest BCUT2D eigenvalue weighted by atomic mass is 35.5. The van der Waals surface area contributed by atoms with E-state index in [1.807, 2.05) is 19.1 Å². The molecule has 0 saturated carbocycles. The van der Waals surface area contributed by atoms with Crippen LogP contribution in [0.15, 0.2) is 36.7 Å². The van der Waals surface area contributed by atoms with E-state index in [-0.39, 0.29) is 18.3 Å². The number of methoxy groups -OCH3 is 2. The lowest BCUT2D eigenvalue weighted by molar-refractivity contribution is 0.0953. The predicted octanol–water partition coefficient (Wildman–Crippen LogP) is 2.80. The Labute approximate surface area is 142 Å². The fourth-order valence-electron chi connectivity index (χ4n) is 2.34. The highest BCUT2D eigenvalue weighted by molar-refractivity contribution is 5.93. The van der Waals surface area contributed by atoms with Gasteiger partial charge in [-0.05, 0) is 37.1 Å². The fourth-order valence-corrected chi connectivity index (χ4v) is 2.34. The summed E-state index contributed by atoms with van der Waals surface area (Å²) >= 11 is 0. The molecule has 5 nitrogen and oxygen atoms in total.